The highest BCUT2D eigenvalue weighted by Gasteiger charge is 2.14. The summed E-state index contributed by atoms with van der Waals surface area (Å²) in [6.45, 7) is 2.02. The Hall–Kier alpha value is -2.06. The molecule has 0 aliphatic heterocycles. The van der Waals surface area contributed by atoms with Crippen LogP contribution in [-0.2, 0) is 0 Å². The Morgan fingerprint density at radius 1 is 1.11 bits per heavy atom. The molecule has 94 valence electrons. The summed E-state index contributed by atoms with van der Waals surface area (Å²) < 4.78 is 0. The predicted octanol–water partition coefficient (Wildman–Crippen LogP) is 4.36. The SMILES string of the molecule is Cc1ccc2[nH]cc(C(=O)c3ccc(Cl)cc3)c2c1. The Labute approximate surface area is 116 Å². The molecule has 0 amide bonds. The molecule has 1 aromatic heterocycles. The molecular weight excluding hydrogens is 258 g/mol. The zero-order chi connectivity index (χ0) is 13.4. The van der Waals surface area contributed by atoms with Crippen LogP contribution in [0.25, 0.3) is 10.9 Å². The van der Waals surface area contributed by atoms with Crippen molar-refractivity contribution in [1.29, 1.82) is 0 Å². The molecule has 3 heteroatoms. The van der Waals surface area contributed by atoms with E-state index in [0.717, 1.165) is 16.5 Å². The van der Waals surface area contributed by atoms with Gasteiger partial charge in [0.2, 0.25) is 0 Å². The van der Waals surface area contributed by atoms with Crippen LogP contribution in [0, 0.1) is 6.92 Å². The van der Waals surface area contributed by atoms with Crippen molar-refractivity contribution >= 4 is 28.3 Å². The molecule has 0 saturated heterocycles. The predicted molar refractivity (Wildman–Crippen MR) is 77.9 cm³/mol. The summed E-state index contributed by atoms with van der Waals surface area (Å²) in [7, 11) is 0. The van der Waals surface area contributed by atoms with E-state index in [4.69, 9.17) is 11.6 Å². The highest BCUT2D eigenvalue weighted by atomic mass is 35.5. The lowest BCUT2D eigenvalue weighted by Gasteiger charge is -2.01. The first kappa shape index (κ1) is 12.0. The van der Waals surface area contributed by atoms with Crippen molar-refractivity contribution in [2.45, 2.75) is 6.92 Å². The van der Waals surface area contributed by atoms with Crippen molar-refractivity contribution in [3.63, 3.8) is 0 Å². The second kappa shape index (κ2) is 4.56. The Morgan fingerprint density at radius 3 is 2.58 bits per heavy atom. The number of fused-ring (bicyclic) bond motifs is 1. The van der Waals surface area contributed by atoms with Gasteiger partial charge in [0.25, 0.3) is 0 Å². The van der Waals surface area contributed by atoms with Crippen molar-refractivity contribution in [3.05, 3.63) is 70.4 Å². The molecule has 0 spiro atoms. The van der Waals surface area contributed by atoms with Gasteiger partial charge < -0.3 is 4.98 Å². The molecule has 0 atom stereocenters. The lowest BCUT2D eigenvalue weighted by atomic mass is 10.0. The molecule has 0 fully saturated rings. The van der Waals surface area contributed by atoms with Crippen LogP contribution in [0.4, 0.5) is 0 Å². The summed E-state index contributed by atoms with van der Waals surface area (Å²) in [4.78, 5) is 15.6. The van der Waals surface area contributed by atoms with E-state index in [1.165, 1.54) is 0 Å². The Balaban J connectivity index is 2.11. The van der Waals surface area contributed by atoms with Gasteiger partial charge in [-0.25, -0.2) is 0 Å². The Kier molecular flexibility index (Phi) is 2.88. The molecule has 3 rings (SSSR count). The molecule has 1 N–H and O–H groups in total. The Morgan fingerprint density at radius 2 is 1.84 bits per heavy atom. The van der Waals surface area contributed by atoms with Gasteiger partial charge in [0.15, 0.2) is 5.78 Å². The minimum absolute atomic E-state index is 0.00789. The van der Waals surface area contributed by atoms with Gasteiger partial charge in [0.05, 0.1) is 0 Å². The number of carbonyl (C=O) groups is 1. The minimum Gasteiger partial charge on any atom is -0.360 e. The molecule has 1 heterocycles. The molecule has 2 aromatic carbocycles. The molecule has 0 unspecified atom stereocenters. The fourth-order valence-electron chi connectivity index (χ4n) is 2.18. The third-order valence-electron chi connectivity index (χ3n) is 3.19. The molecule has 0 saturated carbocycles. The number of aryl methyl sites for hydroxylation is 1. The fraction of sp³-hybridized carbons (Fsp3) is 0.0625. The Bertz CT molecular complexity index is 756. The summed E-state index contributed by atoms with van der Waals surface area (Å²) >= 11 is 5.84. The summed E-state index contributed by atoms with van der Waals surface area (Å²) in [6.07, 6.45) is 1.76. The van der Waals surface area contributed by atoms with Crippen LogP contribution in [0.2, 0.25) is 5.02 Å². The van der Waals surface area contributed by atoms with E-state index in [1.807, 2.05) is 25.1 Å². The molecule has 3 aromatic rings. The zero-order valence-electron chi connectivity index (χ0n) is 10.4. The third-order valence-corrected chi connectivity index (χ3v) is 3.44. The maximum atomic E-state index is 12.5. The number of hydrogen-bond donors (Lipinski definition) is 1. The monoisotopic (exact) mass is 269 g/mol. The van der Waals surface area contributed by atoms with E-state index in [0.29, 0.717) is 16.1 Å². The topological polar surface area (TPSA) is 32.9 Å². The standard InChI is InChI=1S/C16H12ClNO/c1-10-2-7-15-13(8-10)14(9-18-15)16(19)11-3-5-12(17)6-4-11/h2-9,18H,1H3. The van der Waals surface area contributed by atoms with Crippen molar-refractivity contribution in [1.82, 2.24) is 4.98 Å². The number of aromatic amines is 1. The van der Waals surface area contributed by atoms with Crippen molar-refractivity contribution in [2.24, 2.45) is 0 Å². The largest absolute Gasteiger partial charge is 0.360 e. The molecule has 0 aliphatic carbocycles. The number of rotatable bonds is 2. The third kappa shape index (κ3) is 2.15. The number of halogens is 1. The first-order valence-corrected chi connectivity index (χ1v) is 6.41. The van der Waals surface area contributed by atoms with Gasteiger partial charge in [-0.1, -0.05) is 23.2 Å². The highest BCUT2D eigenvalue weighted by molar-refractivity contribution is 6.30. The van der Waals surface area contributed by atoms with Crippen molar-refractivity contribution in [2.75, 3.05) is 0 Å². The van der Waals surface area contributed by atoms with Crippen LogP contribution in [0.5, 0.6) is 0 Å². The summed E-state index contributed by atoms with van der Waals surface area (Å²) in [5.41, 5.74) is 3.45. The van der Waals surface area contributed by atoms with Gasteiger partial charge in [-0.05, 0) is 43.3 Å². The van der Waals surface area contributed by atoms with Gasteiger partial charge in [0.1, 0.15) is 0 Å². The number of aromatic nitrogens is 1. The quantitative estimate of drug-likeness (QED) is 0.689. The van der Waals surface area contributed by atoms with Crippen LogP contribution in [0.1, 0.15) is 21.5 Å². The van der Waals surface area contributed by atoms with Gasteiger partial charge in [-0.3, -0.25) is 4.79 Å². The summed E-state index contributed by atoms with van der Waals surface area (Å²) in [5.74, 6) is 0.00789. The first-order valence-electron chi connectivity index (χ1n) is 6.03. The molecule has 19 heavy (non-hydrogen) atoms. The van der Waals surface area contributed by atoms with Crippen molar-refractivity contribution in [3.8, 4) is 0 Å². The van der Waals surface area contributed by atoms with E-state index in [9.17, 15) is 4.79 Å². The summed E-state index contributed by atoms with van der Waals surface area (Å²) in [6, 6.07) is 13.0. The second-order valence-electron chi connectivity index (χ2n) is 4.59. The maximum absolute atomic E-state index is 12.5. The van der Waals surface area contributed by atoms with Crippen LogP contribution >= 0.6 is 11.6 Å². The fourth-order valence-corrected chi connectivity index (χ4v) is 2.31. The lowest BCUT2D eigenvalue weighted by molar-refractivity contribution is 0.104. The zero-order valence-corrected chi connectivity index (χ0v) is 11.2. The van der Waals surface area contributed by atoms with Crippen molar-refractivity contribution < 1.29 is 4.79 Å². The van der Waals surface area contributed by atoms with Crippen LogP contribution < -0.4 is 0 Å². The van der Waals surface area contributed by atoms with E-state index >= 15 is 0 Å². The normalized spacial score (nSPS) is 10.8. The summed E-state index contributed by atoms with van der Waals surface area (Å²) in [5, 5.41) is 1.59. The average Bonchev–Trinajstić information content (AvgIpc) is 2.81. The van der Waals surface area contributed by atoms with Gasteiger partial charge >= 0.3 is 0 Å². The van der Waals surface area contributed by atoms with E-state index in [2.05, 4.69) is 4.98 Å². The molecule has 0 aliphatic rings. The van der Waals surface area contributed by atoms with E-state index in [1.54, 1.807) is 30.5 Å². The van der Waals surface area contributed by atoms with Crippen LogP contribution in [0.3, 0.4) is 0 Å². The number of H-pyrrole nitrogens is 1. The number of nitrogens with one attached hydrogen (secondary N) is 1. The molecule has 0 radical (unpaired) electrons. The first-order chi connectivity index (χ1) is 9.15. The lowest BCUT2D eigenvalue weighted by Crippen LogP contribution is -1.99. The van der Waals surface area contributed by atoms with E-state index < -0.39 is 0 Å². The van der Waals surface area contributed by atoms with Crippen LogP contribution in [-0.4, -0.2) is 10.8 Å². The molecule has 2 nitrogen and oxygen atoms in total. The number of hydrogen-bond acceptors (Lipinski definition) is 1. The van der Waals surface area contributed by atoms with Gasteiger partial charge in [0, 0.05) is 33.2 Å². The van der Waals surface area contributed by atoms with Crippen LogP contribution in [0.15, 0.2) is 48.7 Å². The minimum atomic E-state index is 0.00789. The van der Waals surface area contributed by atoms with Gasteiger partial charge in [-0.15, -0.1) is 0 Å². The van der Waals surface area contributed by atoms with Gasteiger partial charge in [-0.2, -0.15) is 0 Å². The van der Waals surface area contributed by atoms with E-state index in [-0.39, 0.29) is 5.78 Å². The average molecular weight is 270 g/mol. The number of carbonyl (C=O) groups excluding carboxylic acids is 1. The maximum Gasteiger partial charge on any atom is 0.195 e. The molecular formula is C16H12ClNO. The highest BCUT2D eigenvalue weighted by Crippen LogP contribution is 2.23. The smallest absolute Gasteiger partial charge is 0.195 e. The number of ketones is 1. The number of benzene rings is 2. The molecule has 0 bridgehead atoms. The second-order valence-corrected chi connectivity index (χ2v) is 5.02.